The predicted octanol–water partition coefficient (Wildman–Crippen LogP) is 2.30. The number of carbonyl (C=O) groups excluding carboxylic acids is 1. The molecular weight excluding hydrogens is 264 g/mol. The lowest BCUT2D eigenvalue weighted by molar-refractivity contribution is -0.125. The Bertz CT molecular complexity index is 465. The van der Waals surface area contributed by atoms with Crippen molar-refractivity contribution in [3.63, 3.8) is 0 Å². The van der Waals surface area contributed by atoms with Crippen LogP contribution >= 0.6 is 0 Å². The Hall–Kier alpha value is -1.81. The van der Waals surface area contributed by atoms with Crippen molar-refractivity contribution in [3.8, 4) is 5.75 Å². The van der Waals surface area contributed by atoms with Gasteiger partial charge in [0.1, 0.15) is 12.4 Å². The fourth-order valence-electron chi connectivity index (χ4n) is 2.04. The van der Waals surface area contributed by atoms with Gasteiger partial charge in [-0.1, -0.05) is 12.1 Å². The quantitative estimate of drug-likeness (QED) is 0.747. The average Bonchev–Trinajstić information content (AvgIpc) is 2.42. The van der Waals surface area contributed by atoms with Crippen molar-refractivity contribution in [2.24, 2.45) is 0 Å². The van der Waals surface area contributed by atoms with E-state index in [1.54, 1.807) is 6.08 Å². The van der Waals surface area contributed by atoms with E-state index in [9.17, 15) is 4.79 Å². The van der Waals surface area contributed by atoms with E-state index < -0.39 is 0 Å². The van der Waals surface area contributed by atoms with Crippen LogP contribution in [0.3, 0.4) is 0 Å². The highest BCUT2D eigenvalue weighted by Gasteiger charge is 2.16. The van der Waals surface area contributed by atoms with Crippen LogP contribution in [0.2, 0.25) is 0 Å². The minimum atomic E-state index is -0.187. The minimum Gasteiger partial charge on any atom is -0.492 e. The van der Waals surface area contributed by atoms with Gasteiger partial charge >= 0.3 is 0 Å². The van der Waals surface area contributed by atoms with Crippen LogP contribution in [0.25, 0.3) is 0 Å². The van der Waals surface area contributed by atoms with E-state index >= 15 is 0 Å². The number of benzene rings is 1. The van der Waals surface area contributed by atoms with E-state index in [1.165, 1.54) is 11.1 Å². The van der Waals surface area contributed by atoms with Crippen molar-refractivity contribution < 1.29 is 9.53 Å². The summed E-state index contributed by atoms with van der Waals surface area (Å²) in [6.45, 7) is 11.3. The van der Waals surface area contributed by atoms with E-state index in [1.807, 2.05) is 31.0 Å². The van der Waals surface area contributed by atoms with Gasteiger partial charge < -0.3 is 10.1 Å². The maximum Gasteiger partial charge on any atom is 0.237 e. The van der Waals surface area contributed by atoms with E-state index in [2.05, 4.69) is 31.8 Å². The van der Waals surface area contributed by atoms with Gasteiger partial charge in [0.2, 0.25) is 5.91 Å². The molecule has 0 aromatic heterocycles. The largest absolute Gasteiger partial charge is 0.492 e. The van der Waals surface area contributed by atoms with Gasteiger partial charge in [0.25, 0.3) is 0 Å². The number of hydrogen-bond acceptors (Lipinski definition) is 3. The number of amides is 1. The molecule has 4 heteroatoms. The highest BCUT2D eigenvalue weighted by molar-refractivity contribution is 5.81. The number of likely N-dealkylation sites (N-methyl/N-ethyl adjacent to an activating group) is 1. The molecule has 1 unspecified atom stereocenters. The summed E-state index contributed by atoms with van der Waals surface area (Å²) in [6, 6.07) is 5.97. The van der Waals surface area contributed by atoms with Gasteiger partial charge in [-0.3, -0.25) is 9.69 Å². The first-order chi connectivity index (χ1) is 9.93. The van der Waals surface area contributed by atoms with Crippen molar-refractivity contribution in [3.05, 3.63) is 42.0 Å². The number of nitrogens with zero attached hydrogens (tertiary/aromatic N) is 1. The van der Waals surface area contributed by atoms with Crippen LogP contribution < -0.4 is 10.1 Å². The molecule has 1 aromatic carbocycles. The Morgan fingerprint density at radius 1 is 1.38 bits per heavy atom. The number of carbonyl (C=O) groups is 1. The number of hydrogen-bond donors (Lipinski definition) is 1. The monoisotopic (exact) mass is 290 g/mol. The molecule has 116 valence electrons. The van der Waals surface area contributed by atoms with Gasteiger partial charge in [0.15, 0.2) is 0 Å². The molecule has 0 fully saturated rings. The highest BCUT2D eigenvalue weighted by Crippen LogP contribution is 2.16. The van der Waals surface area contributed by atoms with Crippen molar-refractivity contribution in [1.82, 2.24) is 10.2 Å². The first kappa shape index (κ1) is 17.2. The third-order valence-electron chi connectivity index (χ3n) is 3.37. The number of ether oxygens (including phenoxy) is 1. The number of rotatable bonds is 8. The molecule has 0 saturated heterocycles. The van der Waals surface area contributed by atoms with Gasteiger partial charge in [-0.05, 0) is 51.1 Å². The topological polar surface area (TPSA) is 41.6 Å². The molecule has 0 bridgehead atoms. The molecular formula is C17H26N2O2. The molecule has 0 saturated carbocycles. The first-order valence-electron chi connectivity index (χ1n) is 7.24. The molecule has 0 radical (unpaired) electrons. The van der Waals surface area contributed by atoms with Crippen LogP contribution in [0.4, 0.5) is 0 Å². The maximum atomic E-state index is 11.8. The predicted molar refractivity (Wildman–Crippen MR) is 86.7 cm³/mol. The van der Waals surface area contributed by atoms with Crippen molar-refractivity contribution in [2.75, 3.05) is 26.7 Å². The molecule has 0 spiro atoms. The molecule has 1 N–H and O–H groups in total. The summed E-state index contributed by atoms with van der Waals surface area (Å²) >= 11 is 0. The van der Waals surface area contributed by atoms with Crippen molar-refractivity contribution in [1.29, 1.82) is 0 Å². The van der Waals surface area contributed by atoms with Crippen molar-refractivity contribution in [2.45, 2.75) is 26.8 Å². The molecule has 1 amide bonds. The third kappa shape index (κ3) is 6.00. The van der Waals surface area contributed by atoms with E-state index in [4.69, 9.17) is 4.74 Å². The van der Waals surface area contributed by atoms with Gasteiger partial charge in [-0.25, -0.2) is 0 Å². The summed E-state index contributed by atoms with van der Waals surface area (Å²) in [4.78, 5) is 13.8. The Morgan fingerprint density at radius 3 is 2.57 bits per heavy atom. The summed E-state index contributed by atoms with van der Waals surface area (Å²) in [6.07, 6.45) is 1.67. The third-order valence-corrected chi connectivity index (χ3v) is 3.37. The number of aryl methyl sites for hydroxylation is 2. The van der Waals surface area contributed by atoms with E-state index in [0.717, 1.165) is 5.75 Å². The van der Waals surface area contributed by atoms with Crippen LogP contribution in [0.15, 0.2) is 30.9 Å². The smallest absolute Gasteiger partial charge is 0.237 e. The van der Waals surface area contributed by atoms with Crippen LogP contribution in [0.5, 0.6) is 5.75 Å². The summed E-state index contributed by atoms with van der Waals surface area (Å²) in [7, 11) is 1.92. The van der Waals surface area contributed by atoms with Gasteiger partial charge in [-0.2, -0.15) is 0 Å². The summed E-state index contributed by atoms with van der Waals surface area (Å²) in [5.41, 5.74) is 2.38. The lowest BCUT2D eigenvalue weighted by Gasteiger charge is -2.23. The molecule has 0 aliphatic carbocycles. The lowest BCUT2D eigenvalue weighted by Crippen LogP contribution is -2.44. The second kappa shape index (κ2) is 8.47. The summed E-state index contributed by atoms with van der Waals surface area (Å²) in [5.74, 6) is 0.883. The standard InChI is InChI=1S/C17H26N2O2/c1-6-7-18-17(20)15(4)19(5)8-9-21-16-11-13(2)10-14(3)12-16/h6,10-12,15H,1,7-9H2,2-5H3,(H,18,20). The van der Waals surface area contributed by atoms with Gasteiger partial charge in [0.05, 0.1) is 6.04 Å². The molecule has 1 atom stereocenters. The van der Waals surface area contributed by atoms with Gasteiger partial charge in [0, 0.05) is 13.1 Å². The Labute approximate surface area is 127 Å². The summed E-state index contributed by atoms with van der Waals surface area (Å²) < 4.78 is 5.76. The van der Waals surface area contributed by atoms with E-state index in [-0.39, 0.29) is 11.9 Å². The zero-order chi connectivity index (χ0) is 15.8. The Balaban J connectivity index is 2.40. The van der Waals surface area contributed by atoms with Crippen LogP contribution in [-0.4, -0.2) is 43.6 Å². The van der Waals surface area contributed by atoms with E-state index in [0.29, 0.717) is 19.7 Å². The van der Waals surface area contributed by atoms with Gasteiger partial charge in [-0.15, -0.1) is 6.58 Å². The first-order valence-corrected chi connectivity index (χ1v) is 7.24. The molecule has 1 rings (SSSR count). The Kier molecular flexibility index (Phi) is 6.96. The zero-order valence-electron chi connectivity index (χ0n) is 13.5. The maximum absolute atomic E-state index is 11.8. The second-order valence-corrected chi connectivity index (χ2v) is 5.36. The zero-order valence-corrected chi connectivity index (χ0v) is 13.5. The van der Waals surface area contributed by atoms with Crippen LogP contribution in [-0.2, 0) is 4.79 Å². The molecule has 21 heavy (non-hydrogen) atoms. The molecule has 0 aliphatic rings. The van der Waals surface area contributed by atoms with Crippen LogP contribution in [0, 0.1) is 13.8 Å². The molecule has 0 heterocycles. The fourth-order valence-corrected chi connectivity index (χ4v) is 2.04. The summed E-state index contributed by atoms with van der Waals surface area (Å²) in [5, 5.41) is 2.80. The highest BCUT2D eigenvalue weighted by atomic mass is 16.5. The Morgan fingerprint density at radius 2 is 2.00 bits per heavy atom. The second-order valence-electron chi connectivity index (χ2n) is 5.36. The number of nitrogens with one attached hydrogen (secondary N) is 1. The normalized spacial score (nSPS) is 12.0. The molecule has 0 aliphatic heterocycles. The van der Waals surface area contributed by atoms with Crippen molar-refractivity contribution >= 4 is 5.91 Å². The fraction of sp³-hybridized carbons (Fsp3) is 0.471. The SMILES string of the molecule is C=CCNC(=O)C(C)N(C)CCOc1cc(C)cc(C)c1. The molecule has 1 aromatic rings. The molecule has 4 nitrogen and oxygen atoms in total. The minimum absolute atomic E-state index is 0.00352. The average molecular weight is 290 g/mol. The van der Waals surface area contributed by atoms with Crippen LogP contribution in [0.1, 0.15) is 18.1 Å². The lowest BCUT2D eigenvalue weighted by atomic mass is 10.1.